The zero-order valence-electron chi connectivity index (χ0n) is 6.75. The Balaban J connectivity index is 3.21. The number of rotatable bonds is 3. The summed E-state index contributed by atoms with van der Waals surface area (Å²) in [6.07, 6.45) is 0.929. The van der Waals surface area contributed by atoms with E-state index in [2.05, 4.69) is 20.8 Å². The highest BCUT2D eigenvalue weighted by molar-refractivity contribution is 6.45. The fraction of sp³-hybridized carbons (Fsp3) is 1.00. The average Bonchev–Trinajstić information content (AvgIpc) is 1.59. The Bertz CT molecular complexity index is 86.1. The third-order valence-electron chi connectivity index (χ3n) is 1.02. The lowest BCUT2D eigenvalue weighted by Crippen LogP contribution is -2.08. The molecule has 60 valence electrons. The molecule has 0 saturated heterocycles. The normalized spacial score (nSPS) is 12.6. The Hall–Kier alpha value is 0.797. The molecule has 0 rings (SSSR count). The maximum atomic E-state index is 5.58. The first-order valence-corrected chi connectivity index (χ1v) is 5.53. The lowest BCUT2D eigenvalue weighted by Gasteiger charge is -2.16. The molecule has 0 aromatic carbocycles. The van der Waals surface area contributed by atoms with Crippen molar-refractivity contribution < 1.29 is 0 Å². The number of hydrogen-bond acceptors (Lipinski definition) is 0. The molecule has 0 amide bonds. The van der Waals surface area contributed by atoms with Crippen LogP contribution in [0.3, 0.4) is 0 Å². The molecule has 3 heteroatoms. The van der Waals surface area contributed by atoms with Gasteiger partial charge in [0.2, 0.25) is 0 Å². The largest absolute Gasteiger partial charge is 0.107 e. The predicted molar refractivity (Wildman–Crippen MR) is 50.4 cm³/mol. The fourth-order valence-electron chi connectivity index (χ4n) is 0.556. The van der Waals surface area contributed by atoms with Crippen molar-refractivity contribution in [1.82, 2.24) is 0 Å². The van der Waals surface area contributed by atoms with Gasteiger partial charge in [0.15, 0.2) is 0 Å². The van der Waals surface area contributed by atoms with Crippen molar-refractivity contribution in [2.45, 2.75) is 43.1 Å². The Morgan fingerprint density at radius 2 is 1.80 bits per heavy atom. The number of hydrogen-bond donors (Lipinski definition) is 0. The van der Waals surface area contributed by atoms with Crippen LogP contribution in [0.25, 0.3) is 0 Å². The molecule has 0 atom stereocenters. The fourth-order valence-corrected chi connectivity index (χ4v) is 2.32. The summed E-state index contributed by atoms with van der Waals surface area (Å²) in [5.41, 5.74) is 0. The topological polar surface area (TPSA) is 0 Å². The molecule has 0 aliphatic heterocycles. The highest BCUT2D eigenvalue weighted by atomic mass is 35.5. The van der Waals surface area contributed by atoms with Gasteiger partial charge in [-0.15, -0.1) is 23.2 Å². The Labute approximate surface area is 76.1 Å². The monoisotopic (exact) mass is 196 g/mol. The lowest BCUT2D eigenvalue weighted by molar-refractivity contribution is 0.744. The number of alkyl halides is 2. The van der Waals surface area contributed by atoms with Crippen LogP contribution < -0.4 is 0 Å². The lowest BCUT2D eigenvalue weighted by atomic mass is 10.2. The van der Waals surface area contributed by atoms with Gasteiger partial charge in [0.25, 0.3) is 0 Å². The molecule has 2 radical (unpaired) electrons. The summed E-state index contributed by atoms with van der Waals surface area (Å²) in [5, 5.41) is 0.447. The van der Waals surface area contributed by atoms with E-state index in [1.54, 1.807) is 0 Å². The average molecular weight is 197 g/mol. The van der Waals surface area contributed by atoms with Gasteiger partial charge in [-0.2, -0.15) is 0 Å². The molecular formula is C7H14Cl2Si. The molecule has 0 aromatic rings. The van der Waals surface area contributed by atoms with E-state index in [1.807, 2.05) is 0 Å². The summed E-state index contributed by atoms with van der Waals surface area (Å²) in [4.78, 5) is -0.171. The van der Waals surface area contributed by atoms with Gasteiger partial charge in [-0.3, -0.25) is 0 Å². The minimum absolute atomic E-state index is 0.171. The highest BCUT2D eigenvalue weighted by Crippen LogP contribution is 2.23. The van der Waals surface area contributed by atoms with E-state index in [4.69, 9.17) is 23.2 Å². The summed E-state index contributed by atoms with van der Waals surface area (Å²) < 4.78 is 0. The van der Waals surface area contributed by atoms with E-state index >= 15 is 0 Å². The van der Waals surface area contributed by atoms with Crippen LogP contribution in [0.15, 0.2) is 0 Å². The zero-order valence-corrected chi connectivity index (χ0v) is 9.26. The van der Waals surface area contributed by atoms with E-state index in [-0.39, 0.29) is 4.84 Å². The minimum atomic E-state index is -0.171. The van der Waals surface area contributed by atoms with E-state index in [0.717, 1.165) is 22.0 Å². The van der Waals surface area contributed by atoms with Crippen LogP contribution in [0.4, 0.5) is 0 Å². The van der Waals surface area contributed by atoms with Gasteiger partial charge in [-0.1, -0.05) is 26.8 Å². The van der Waals surface area contributed by atoms with Crippen LogP contribution in [0.5, 0.6) is 0 Å². The van der Waals surface area contributed by atoms with Crippen molar-refractivity contribution in [2.75, 3.05) is 0 Å². The van der Waals surface area contributed by atoms with Crippen molar-refractivity contribution in [3.8, 4) is 0 Å². The first-order chi connectivity index (χ1) is 4.42. The van der Waals surface area contributed by atoms with Crippen molar-refractivity contribution in [1.29, 1.82) is 0 Å². The molecule has 0 bridgehead atoms. The summed E-state index contributed by atoms with van der Waals surface area (Å²) in [5.74, 6) is 0. The van der Waals surface area contributed by atoms with E-state index in [1.165, 1.54) is 0 Å². The van der Waals surface area contributed by atoms with Crippen LogP contribution in [-0.2, 0) is 0 Å². The molecule has 0 heterocycles. The quantitative estimate of drug-likeness (QED) is 0.479. The first kappa shape index (κ1) is 10.8. The van der Waals surface area contributed by atoms with Crippen molar-refractivity contribution in [2.24, 2.45) is 0 Å². The zero-order chi connectivity index (χ0) is 8.20. The molecule has 0 aliphatic rings. The molecule has 0 unspecified atom stereocenters. The highest BCUT2D eigenvalue weighted by Gasteiger charge is 2.11. The second kappa shape index (κ2) is 4.63. The molecule has 0 fully saturated rings. The molecule has 0 spiro atoms. The molecule has 0 aromatic heterocycles. The Kier molecular flexibility index (Phi) is 5.00. The molecule has 0 aliphatic carbocycles. The van der Waals surface area contributed by atoms with E-state index in [9.17, 15) is 0 Å². The molecule has 0 nitrogen and oxygen atoms in total. The molecule has 10 heavy (non-hydrogen) atoms. The second-order valence-electron chi connectivity index (χ2n) is 3.36. The minimum Gasteiger partial charge on any atom is -0.105 e. The van der Waals surface area contributed by atoms with Gasteiger partial charge < -0.3 is 0 Å². The first-order valence-electron chi connectivity index (χ1n) is 3.45. The van der Waals surface area contributed by atoms with Crippen LogP contribution in [0.2, 0.25) is 11.1 Å². The Morgan fingerprint density at radius 1 is 1.30 bits per heavy atom. The van der Waals surface area contributed by atoms with Crippen molar-refractivity contribution in [3.63, 3.8) is 0 Å². The SMILES string of the molecule is CC(C)(C)[Si]CCC(Cl)Cl. The predicted octanol–water partition coefficient (Wildman–Crippen LogP) is 3.52. The smallest absolute Gasteiger partial charge is 0.105 e. The second-order valence-corrected chi connectivity index (χ2v) is 6.99. The van der Waals surface area contributed by atoms with Crippen molar-refractivity contribution >= 4 is 32.7 Å². The Morgan fingerprint density at radius 3 is 2.10 bits per heavy atom. The third kappa shape index (κ3) is 8.80. The van der Waals surface area contributed by atoms with Gasteiger partial charge in [0.05, 0.1) is 0 Å². The molecular weight excluding hydrogens is 183 g/mol. The van der Waals surface area contributed by atoms with Crippen molar-refractivity contribution in [3.05, 3.63) is 0 Å². The summed E-state index contributed by atoms with van der Waals surface area (Å²) >= 11 is 11.2. The van der Waals surface area contributed by atoms with Crippen LogP contribution in [0.1, 0.15) is 27.2 Å². The van der Waals surface area contributed by atoms with Crippen LogP contribution in [-0.4, -0.2) is 14.4 Å². The summed E-state index contributed by atoms with van der Waals surface area (Å²) in [6.45, 7) is 6.72. The number of halogens is 2. The molecule has 0 saturated carbocycles. The van der Waals surface area contributed by atoms with Gasteiger partial charge in [0, 0.05) is 9.52 Å². The van der Waals surface area contributed by atoms with E-state index in [0.29, 0.717) is 5.04 Å². The van der Waals surface area contributed by atoms with Gasteiger partial charge in [-0.05, 0) is 11.5 Å². The van der Waals surface area contributed by atoms with Gasteiger partial charge >= 0.3 is 0 Å². The maximum Gasteiger partial charge on any atom is 0.107 e. The van der Waals surface area contributed by atoms with Crippen LogP contribution in [0, 0.1) is 0 Å². The van der Waals surface area contributed by atoms with E-state index < -0.39 is 0 Å². The third-order valence-corrected chi connectivity index (χ3v) is 3.05. The van der Waals surface area contributed by atoms with Gasteiger partial charge in [-0.25, -0.2) is 0 Å². The standard InChI is InChI=1S/C7H14Cl2Si/c1-7(2,3)10-5-4-6(8)9/h6H,4-5H2,1-3H3. The summed E-state index contributed by atoms with van der Waals surface area (Å²) in [7, 11) is 0.965. The molecule has 0 N–H and O–H groups in total. The van der Waals surface area contributed by atoms with Gasteiger partial charge in [0.1, 0.15) is 4.84 Å². The maximum absolute atomic E-state index is 5.58. The summed E-state index contributed by atoms with van der Waals surface area (Å²) in [6, 6.07) is 1.15. The van der Waals surface area contributed by atoms with Crippen LogP contribution >= 0.6 is 23.2 Å².